The van der Waals surface area contributed by atoms with Gasteiger partial charge >= 0.3 is 6.85 Å². The summed E-state index contributed by atoms with van der Waals surface area (Å²) in [5.74, 6) is 2.57. The van der Waals surface area contributed by atoms with E-state index < -0.39 is 13.7 Å². The first-order valence-corrected chi connectivity index (χ1v) is 7.32. The van der Waals surface area contributed by atoms with Crippen molar-refractivity contribution in [3.05, 3.63) is 53.5 Å². The SMILES string of the molecule is [2H]C([2H])([2H])c1ccc(B2C=Cc3oc4nc(C([2H])([2H])[2H])ccc4c3N2C)[n+](C)c1. The number of pyridine rings is 2. The van der Waals surface area contributed by atoms with Gasteiger partial charge in [0.15, 0.2) is 17.6 Å². The van der Waals surface area contributed by atoms with Gasteiger partial charge in [0.05, 0.1) is 11.1 Å². The van der Waals surface area contributed by atoms with Crippen LogP contribution in [0.1, 0.15) is 25.2 Å². The second kappa shape index (κ2) is 4.98. The quantitative estimate of drug-likeness (QED) is 0.510. The first-order valence-electron chi connectivity index (χ1n) is 10.3. The van der Waals surface area contributed by atoms with E-state index in [4.69, 9.17) is 12.6 Å². The summed E-state index contributed by atoms with van der Waals surface area (Å²) in [5, 5.41) is 0.728. The van der Waals surface area contributed by atoms with Crippen LogP contribution in [0.2, 0.25) is 0 Å². The van der Waals surface area contributed by atoms with Crippen LogP contribution >= 0.6 is 0 Å². The molecule has 0 unspecified atom stereocenters. The zero-order valence-electron chi connectivity index (χ0n) is 18.9. The summed E-state index contributed by atoms with van der Waals surface area (Å²) in [6, 6.07) is 6.65. The van der Waals surface area contributed by atoms with Gasteiger partial charge in [0.1, 0.15) is 7.05 Å². The molecule has 0 aliphatic carbocycles. The van der Waals surface area contributed by atoms with E-state index in [0.717, 1.165) is 16.7 Å². The molecule has 0 aromatic carbocycles. The number of hydrogen-bond acceptors (Lipinski definition) is 3. The molecule has 4 rings (SSSR count). The minimum Gasteiger partial charge on any atom is -0.436 e. The van der Waals surface area contributed by atoms with Crippen LogP contribution in [0.3, 0.4) is 0 Å². The van der Waals surface area contributed by atoms with Crippen molar-refractivity contribution in [1.29, 1.82) is 0 Å². The molecule has 0 radical (unpaired) electrons. The number of furan rings is 1. The van der Waals surface area contributed by atoms with Crippen molar-refractivity contribution in [1.82, 2.24) is 4.98 Å². The molecule has 0 bridgehead atoms. The van der Waals surface area contributed by atoms with Crippen LogP contribution in [0.15, 0.2) is 40.9 Å². The highest BCUT2D eigenvalue weighted by molar-refractivity contribution is 6.81. The lowest BCUT2D eigenvalue weighted by molar-refractivity contribution is -0.654. The maximum absolute atomic E-state index is 7.59. The fourth-order valence-electron chi connectivity index (χ4n) is 3.13. The number of aromatic nitrogens is 2. The molecule has 1 aliphatic rings. The van der Waals surface area contributed by atoms with Crippen LogP contribution in [-0.4, -0.2) is 18.9 Å². The average molecular weight is 310 g/mol. The summed E-state index contributed by atoms with van der Waals surface area (Å²) in [7, 11) is 3.73. The van der Waals surface area contributed by atoms with Gasteiger partial charge in [-0.25, -0.2) is 9.55 Å². The molecular weight excluding hydrogens is 285 g/mol. The molecule has 1 aliphatic heterocycles. The molecule has 5 heteroatoms. The Balaban J connectivity index is 1.76. The molecule has 114 valence electrons. The zero-order chi connectivity index (χ0) is 21.1. The van der Waals surface area contributed by atoms with Crippen LogP contribution in [-0.2, 0) is 7.05 Å². The highest BCUT2D eigenvalue weighted by Crippen LogP contribution is 2.36. The summed E-state index contributed by atoms with van der Waals surface area (Å²) in [4.78, 5) is 6.20. The van der Waals surface area contributed by atoms with Gasteiger partial charge in [-0.15, -0.1) is 0 Å². The molecule has 0 saturated carbocycles. The predicted octanol–water partition coefficient (Wildman–Crippen LogP) is 2.17. The van der Waals surface area contributed by atoms with Crippen molar-refractivity contribution in [2.45, 2.75) is 13.7 Å². The Hall–Kier alpha value is -2.56. The van der Waals surface area contributed by atoms with Gasteiger partial charge in [0, 0.05) is 19.5 Å². The van der Waals surface area contributed by atoms with Gasteiger partial charge in [-0.2, -0.15) is 0 Å². The third-order valence-corrected chi connectivity index (χ3v) is 4.23. The fraction of sp³-hybridized carbons (Fsp3) is 0.222. The smallest absolute Gasteiger partial charge is 0.396 e. The fourth-order valence-corrected chi connectivity index (χ4v) is 3.13. The molecular formula is C18H19BN3O+. The summed E-state index contributed by atoms with van der Waals surface area (Å²) >= 11 is 0. The molecule has 3 aromatic heterocycles. The number of rotatable bonds is 1. The van der Waals surface area contributed by atoms with Crippen LogP contribution in [0, 0.1) is 13.7 Å². The van der Waals surface area contributed by atoms with Crippen molar-refractivity contribution in [3.8, 4) is 0 Å². The van der Waals surface area contributed by atoms with Gasteiger partial charge in [0.25, 0.3) is 0 Å². The Labute approximate surface area is 144 Å². The number of nitrogens with zero attached hydrogens (tertiary/aromatic N) is 3. The van der Waals surface area contributed by atoms with Gasteiger partial charge in [-0.05, 0) is 51.1 Å². The Morgan fingerprint density at radius 3 is 2.96 bits per heavy atom. The maximum atomic E-state index is 7.59. The van der Waals surface area contributed by atoms with E-state index in [0.29, 0.717) is 5.76 Å². The van der Waals surface area contributed by atoms with E-state index in [1.807, 2.05) is 41.6 Å². The molecule has 0 atom stereocenters. The lowest BCUT2D eigenvalue weighted by Crippen LogP contribution is -2.60. The topological polar surface area (TPSA) is 33.2 Å². The zero-order valence-corrected chi connectivity index (χ0v) is 12.9. The average Bonchev–Trinajstić information content (AvgIpc) is 2.99. The van der Waals surface area contributed by atoms with E-state index in [1.54, 1.807) is 18.3 Å². The third kappa shape index (κ3) is 2.15. The van der Waals surface area contributed by atoms with E-state index in [9.17, 15) is 0 Å². The maximum Gasteiger partial charge on any atom is 0.396 e. The van der Waals surface area contributed by atoms with Gasteiger partial charge < -0.3 is 9.23 Å². The third-order valence-electron chi connectivity index (χ3n) is 4.23. The lowest BCUT2D eigenvalue weighted by atomic mass is 9.55. The Bertz CT molecular complexity index is 1140. The van der Waals surface area contributed by atoms with Gasteiger partial charge in [-0.1, -0.05) is 5.98 Å². The number of fused-ring (bicyclic) bond motifs is 3. The number of hydrogen-bond donors (Lipinski definition) is 0. The Morgan fingerprint density at radius 1 is 1.26 bits per heavy atom. The monoisotopic (exact) mass is 310 g/mol. The van der Waals surface area contributed by atoms with Gasteiger partial charge in [-0.3, -0.25) is 0 Å². The highest BCUT2D eigenvalue weighted by atomic mass is 16.3. The van der Waals surface area contributed by atoms with Crippen LogP contribution in [0.4, 0.5) is 5.69 Å². The first kappa shape index (κ1) is 8.92. The van der Waals surface area contributed by atoms with Crippen LogP contribution < -0.4 is 15.0 Å². The number of aryl methyl sites for hydroxylation is 3. The molecule has 23 heavy (non-hydrogen) atoms. The van der Waals surface area contributed by atoms with E-state index in [-0.39, 0.29) is 23.8 Å². The molecule has 4 nitrogen and oxygen atoms in total. The van der Waals surface area contributed by atoms with Crippen molar-refractivity contribution < 1.29 is 17.2 Å². The highest BCUT2D eigenvalue weighted by Gasteiger charge is 2.34. The largest absolute Gasteiger partial charge is 0.436 e. The first-order chi connectivity index (χ1) is 13.5. The summed E-state index contributed by atoms with van der Waals surface area (Å²) in [5.41, 5.74) is 2.27. The van der Waals surface area contributed by atoms with Crippen molar-refractivity contribution in [2.75, 3.05) is 11.9 Å². The standard InChI is InChI=1S/C18H19BN3O/c1-12-5-8-16(21(3)11-12)19-10-9-15-17(22(19)4)14-7-6-13(2)20-18(14)23-15/h5-11H,1-4H3/q+1/i1D3,2D3. The van der Waals surface area contributed by atoms with Crippen molar-refractivity contribution in [2.24, 2.45) is 7.05 Å². The molecule has 3 aromatic rings. The Morgan fingerprint density at radius 2 is 2.17 bits per heavy atom. The Kier molecular flexibility index (Phi) is 1.93. The van der Waals surface area contributed by atoms with E-state index >= 15 is 0 Å². The summed E-state index contributed by atoms with van der Waals surface area (Å²) in [6.45, 7) is -4.62. The van der Waals surface area contributed by atoms with E-state index in [2.05, 4.69) is 4.98 Å². The lowest BCUT2D eigenvalue weighted by Gasteiger charge is -2.25. The second-order valence-electron chi connectivity index (χ2n) is 5.73. The normalized spacial score (nSPS) is 18.7. The molecule has 0 fully saturated rings. The minimum absolute atomic E-state index is 0.00839. The van der Waals surface area contributed by atoms with E-state index in [1.165, 1.54) is 6.07 Å². The van der Waals surface area contributed by atoms with Crippen LogP contribution in [0.5, 0.6) is 0 Å². The predicted molar refractivity (Wildman–Crippen MR) is 93.9 cm³/mol. The van der Waals surface area contributed by atoms with Crippen molar-refractivity contribution in [3.63, 3.8) is 0 Å². The van der Waals surface area contributed by atoms with Crippen molar-refractivity contribution >= 4 is 35.3 Å². The molecule has 0 amide bonds. The molecule has 4 heterocycles. The molecule has 0 N–H and O–H groups in total. The minimum atomic E-state index is -2.30. The second-order valence-corrected chi connectivity index (χ2v) is 5.73. The van der Waals surface area contributed by atoms with Crippen LogP contribution in [0.25, 0.3) is 17.2 Å². The van der Waals surface area contributed by atoms with Gasteiger partial charge in [0.2, 0.25) is 5.71 Å². The molecule has 0 saturated heterocycles. The number of anilines is 1. The summed E-state index contributed by atoms with van der Waals surface area (Å²) in [6.07, 6.45) is 3.46. The summed E-state index contributed by atoms with van der Waals surface area (Å²) < 4.78 is 53.0. The molecule has 0 spiro atoms.